The maximum atomic E-state index is 12.4. The summed E-state index contributed by atoms with van der Waals surface area (Å²) in [4.78, 5) is 18.9. The third kappa shape index (κ3) is 4.38. The van der Waals surface area contributed by atoms with Crippen LogP contribution in [0.15, 0.2) is 0 Å². The van der Waals surface area contributed by atoms with Gasteiger partial charge in [0.1, 0.15) is 5.82 Å². The zero-order valence-electron chi connectivity index (χ0n) is 13.8. The van der Waals surface area contributed by atoms with E-state index in [0.29, 0.717) is 5.92 Å². The molecule has 0 bridgehead atoms. The molecule has 1 aliphatic rings. The van der Waals surface area contributed by atoms with Crippen molar-refractivity contribution < 1.29 is 4.79 Å². The Labute approximate surface area is 136 Å². The molecule has 124 valence electrons. The molecule has 0 spiro atoms. The highest BCUT2D eigenvalue weighted by atomic mass is 32.2. The van der Waals surface area contributed by atoms with Gasteiger partial charge in [-0.05, 0) is 37.7 Å². The molecule has 2 amide bonds. The van der Waals surface area contributed by atoms with Gasteiger partial charge in [0.25, 0.3) is 0 Å². The predicted octanol–water partition coefficient (Wildman–Crippen LogP) is 2.92. The quantitative estimate of drug-likeness (QED) is 0.789. The maximum Gasteiger partial charge on any atom is 0.318 e. The van der Waals surface area contributed by atoms with Gasteiger partial charge in [0.15, 0.2) is 5.82 Å². The van der Waals surface area contributed by atoms with Gasteiger partial charge >= 0.3 is 6.03 Å². The number of likely N-dealkylation sites (tertiary alicyclic amines) is 1. The fraction of sp³-hybridized carbons (Fsp3) is 0.800. The molecule has 2 heterocycles. The third-order valence-corrected chi connectivity index (χ3v) is 4.61. The molecular weight excluding hydrogens is 298 g/mol. The molecule has 1 fully saturated rings. The number of hydrogen-bond donors (Lipinski definition) is 2. The zero-order valence-corrected chi connectivity index (χ0v) is 14.6. The van der Waals surface area contributed by atoms with Crippen LogP contribution in [0.1, 0.15) is 63.1 Å². The SMILES string of the molecule is CSCCCNC(=O)N1CCCC[C@@H]1c1nc(C(C)C)n[nH]1. The summed E-state index contributed by atoms with van der Waals surface area (Å²) in [5, 5.41) is 10.3. The van der Waals surface area contributed by atoms with Crippen molar-refractivity contribution in [3.05, 3.63) is 11.6 Å². The summed E-state index contributed by atoms with van der Waals surface area (Å²) in [6.07, 6.45) is 6.22. The highest BCUT2D eigenvalue weighted by molar-refractivity contribution is 7.98. The Morgan fingerprint density at radius 3 is 3.00 bits per heavy atom. The minimum atomic E-state index is 0.0216. The molecule has 0 unspecified atom stereocenters. The highest BCUT2D eigenvalue weighted by Crippen LogP contribution is 2.29. The summed E-state index contributed by atoms with van der Waals surface area (Å²) in [6, 6.07) is 0.0441. The molecule has 0 aliphatic carbocycles. The Hall–Kier alpha value is -1.24. The van der Waals surface area contributed by atoms with Gasteiger partial charge in [0.05, 0.1) is 6.04 Å². The molecule has 0 aromatic carbocycles. The summed E-state index contributed by atoms with van der Waals surface area (Å²) >= 11 is 1.80. The largest absolute Gasteiger partial charge is 0.338 e. The average molecular weight is 325 g/mol. The minimum Gasteiger partial charge on any atom is -0.338 e. The van der Waals surface area contributed by atoms with Crippen molar-refractivity contribution in [1.29, 1.82) is 0 Å². The van der Waals surface area contributed by atoms with Gasteiger partial charge in [-0.25, -0.2) is 9.78 Å². The molecule has 0 radical (unpaired) electrons. The molecule has 1 aliphatic heterocycles. The number of urea groups is 1. The number of rotatable bonds is 6. The summed E-state index contributed by atoms with van der Waals surface area (Å²) in [5.41, 5.74) is 0. The van der Waals surface area contributed by atoms with Crippen LogP contribution in [0, 0.1) is 0 Å². The molecule has 1 saturated heterocycles. The number of thioether (sulfide) groups is 1. The number of H-pyrrole nitrogens is 1. The van der Waals surface area contributed by atoms with Crippen LogP contribution in [-0.2, 0) is 0 Å². The Kier molecular flexibility index (Phi) is 6.54. The molecule has 2 rings (SSSR count). The number of nitrogens with zero attached hydrogens (tertiary/aromatic N) is 3. The second-order valence-electron chi connectivity index (χ2n) is 6.02. The predicted molar refractivity (Wildman–Crippen MR) is 90.2 cm³/mol. The molecular formula is C15H27N5OS. The number of amides is 2. The Morgan fingerprint density at radius 2 is 2.32 bits per heavy atom. The van der Waals surface area contributed by atoms with Gasteiger partial charge < -0.3 is 10.2 Å². The lowest BCUT2D eigenvalue weighted by Crippen LogP contribution is -2.45. The first-order valence-electron chi connectivity index (χ1n) is 8.09. The minimum absolute atomic E-state index is 0.0216. The number of aromatic amines is 1. The van der Waals surface area contributed by atoms with Crippen LogP contribution in [0.5, 0.6) is 0 Å². The number of piperidine rings is 1. The molecule has 1 aromatic rings. The Bertz CT molecular complexity index is 476. The average Bonchev–Trinajstić information content (AvgIpc) is 3.01. The van der Waals surface area contributed by atoms with E-state index in [2.05, 4.69) is 40.6 Å². The van der Waals surface area contributed by atoms with E-state index in [1.807, 2.05) is 4.90 Å². The molecule has 6 nitrogen and oxygen atoms in total. The first-order chi connectivity index (χ1) is 10.6. The van der Waals surface area contributed by atoms with E-state index in [1.165, 1.54) is 0 Å². The van der Waals surface area contributed by atoms with Crippen LogP contribution in [-0.4, -0.2) is 51.2 Å². The first-order valence-corrected chi connectivity index (χ1v) is 9.48. The molecule has 1 atom stereocenters. The second kappa shape index (κ2) is 8.41. The van der Waals surface area contributed by atoms with Crippen LogP contribution in [0.25, 0.3) is 0 Å². The van der Waals surface area contributed by atoms with Gasteiger partial charge in [0.2, 0.25) is 0 Å². The van der Waals surface area contributed by atoms with Gasteiger partial charge in [0, 0.05) is 19.0 Å². The van der Waals surface area contributed by atoms with Crippen molar-refractivity contribution in [3.63, 3.8) is 0 Å². The lowest BCUT2D eigenvalue weighted by Gasteiger charge is -2.34. The normalized spacial score (nSPS) is 18.7. The highest BCUT2D eigenvalue weighted by Gasteiger charge is 2.30. The Balaban J connectivity index is 1.99. The van der Waals surface area contributed by atoms with Crippen molar-refractivity contribution in [2.75, 3.05) is 25.1 Å². The van der Waals surface area contributed by atoms with Crippen LogP contribution < -0.4 is 5.32 Å². The number of carbonyl (C=O) groups is 1. The lowest BCUT2D eigenvalue weighted by atomic mass is 10.0. The van der Waals surface area contributed by atoms with Gasteiger partial charge in [-0.15, -0.1) is 0 Å². The fourth-order valence-electron chi connectivity index (χ4n) is 2.67. The van der Waals surface area contributed by atoms with E-state index in [4.69, 9.17) is 0 Å². The molecule has 7 heteroatoms. The van der Waals surface area contributed by atoms with Gasteiger partial charge in [-0.2, -0.15) is 16.9 Å². The smallest absolute Gasteiger partial charge is 0.318 e. The number of carbonyl (C=O) groups excluding carboxylic acids is 1. The van der Waals surface area contributed by atoms with Gasteiger partial charge in [-0.1, -0.05) is 13.8 Å². The fourth-order valence-corrected chi connectivity index (χ4v) is 3.10. The van der Waals surface area contributed by atoms with E-state index < -0.39 is 0 Å². The standard InChI is InChI=1S/C15H27N5OS/c1-11(2)13-17-14(19-18-13)12-7-4-5-9-20(12)15(21)16-8-6-10-22-3/h11-12H,4-10H2,1-3H3,(H,16,21)(H,17,18,19)/t12-/m1/s1. The second-order valence-corrected chi connectivity index (χ2v) is 7.00. The summed E-state index contributed by atoms with van der Waals surface area (Å²) in [5.74, 6) is 3.01. The van der Waals surface area contributed by atoms with Crippen LogP contribution in [0.4, 0.5) is 4.79 Å². The third-order valence-electron chi connectivity index (χ3n) is 3.92. The topological polar surface area (TPSA) is 73.9 Å². The lowest BCUT2D eigenvalue weighted by molar-refractivity contribution is 0.148. The van der Waals surface area contributed by atoms with E-state index in [0.717, 1.165) is 56.2 Å². The summed E-state index contributed by atoms with van der Waals surface area (Å²) in [7, 11) is 0. The van der Waals surface area contributed by atoms with Crippen molar-refractivity contribution in [3.8, 4) is 0 Å². The zero-order chi connectivity index (χ0) is 15.9. The summed E-state index contributed by atoms with van der Waals surface area (Å²) < 4.78 is 0. The van der Waals surface area contributed by atoms with E-state index in [-0.39, 0.29) is 12.1 Å². The van der Waals surface area contributed by atoms with Crippen LogP contribution in [0.3, 0.4) is 0 Å². The summed E-state index contributed by atoms with van der Waals surface area (Å²) in [6.45, 7) is 5.67. The molecule has 1 aromatic heterocycles. The number of hydrogen-bond acceptors (Lipinski definition) is 4. The van der Waals surface area contributed by atoms with Crippen molar-refractivity contribution in [2.45, 2.75) is 51.5 Å². The molecule has 22 heavy (non-hydrogen) atoms. The van der Waals surface area contributed by atoms with Crippen LogP contribution in [0.2, 0.25) is 0 Å². The van der Waals surface area contributed by atoms with E-state index >= 15 is 0 Å². The molecule has 2 N–H and O–H groups in total. The Morgan fingerprint density at radius 1 is 1.50 bits per heavy atom. The number of aromatic nitrogens is 3. The van der Waals surface area contributed by atoms with Gasteiger partial charge in [-0.3, -0.25) is 5.10 Å². The van der Waals surface area contributed by atoms with E-state index in [1.54, 1.807) is 11.8 Å². The number of nitrogens with one attached hydrogen (secondary N) is 2. The first kappa shape index (κ1) is 17.1. The van der Waals surface area contributed by atoms with Crippen molar-refractivity contribution in [2.24, 2.45) is 0 Å². The maximum absolute atomic E-state index is 12.4. The monoisotopic (exact) mass is 325 g/mol. The van der Waals surface area contributed by atoms with E-state index in [9.17, 15) is 4.79 Å². The van der Waals surface area contributed by atoms with Crippen molar-refractivity contribution in [1.82, 2.24) is 25.4 Å². The molecule has 0 saturated carbocycles. The van der Waals surface area contributed by atoms with Crippen molar-refractivity contribution >= 4 is 17.8 Å². The van der Waals surface area contributed by atoms with Crippen LogP contribution >= 0.6 is 11.8 Å².